The van der Waals surface area contributed by atoms with Crippen LogP contribution >= 0.6 is 0 Å². The first-order chi connectivity index (χ1) is 22.1. The third-order valence-corrected chi connectivity index (χ3v) is 7.67. The number of carbonyl (C=O) groups is 1. The van der Waals surface area contributed by atoms with E-state index in [1.54, 1.807) is 39.5 Å². The first-order valence-corrected chi connectivity index (χ1v) is 14.9. The molecule has 1 N–H and O–H groups in total. The second kappa shape index (κ2) is 15.5. The van der Waals surface area contributed by atoms with E-state index in [4.69, 9.17) is 18.9 Å². The van der Waals surface area contributed by atoms with Gasteiger partial charge in [-0.2, -0.15) is 0 Å². The summed E-state index contributed by atoms with van der Waals surface area (Å²) >= 11 is 0. The van der Waals surface area contributed by atoms with Crippen molar-refractivity contribution in [2.75, 3.05) is 20.8 Å². The number of allylic oxidation sites excluding steroid dienone is 2. The summed E-state index contributed by atoms with van der Waals surface area (Å²) in [6, 6.07) is 19.0. The lowest BCUT2D eigenvalue weighted by atomic mass is 9.79. The quantitative estimate of drug-likeness (QED) is 0.137. The number of imidazole rings is 1. The van der Waals surface area contributed by atoms with E-state index < -0.39 is 23.5 Å². The summed E-state index contributed by atoms with van der Waals surface area (Å²) < 4.78 is 26.5. The zero-order valence-electron chi connectivity index (χ0n) is 26.9. The summed E-state index contributed by atoms with van der Waals surface area (Å²) in [7, 11) is 3.16. The molecule has 0 aliphatic carbocycles. The second-order valence-electron chi connectivity index (χ2n) is 10.8. The number of ether oxygens (including phenoxy) is 4. The number of aromatic nitrogens is 3. The number of hydrogen-bond donors (Lipinski definition) is 1. The number of aliphatic hydroxyl groups is 1. The van der Waals surface area contributed by atoms with Crippen LogP contribution in [0.4, 0.5) is 0 Å². The summed E-state index contributed by atoms with van der Waals surface area (Å²) in [5, 5.41) is 10.8. The molecule has 0 aliphatic rings. The molecule has 0 fully saturated rings. The number of aliphatic hydroxyl groups excluding tert-OH is 1. The van der Waals surface area contributed by atoms with Crippen molar-refractivity contribution in [2.24, 2.45) is 0 Å². The van der Waals surface area contributed by atoms with Gasteiger partial charge in [0.15, 0.2) is 0 Å². The molecule has 10 nitrogen and oxygen atoms in total. The molecule has 46 heavy (non-hydrogen) atoms. The Morgan fingerprint density at radius 2 is 1.76 bits per heavy atom. The molecule has 0 bridgehead atoms. The van der Waals surface area contributed by atoms with Crippen LogP contribution in [0.3, 0.4) is 0 Å². The third kappa shape index (κ3) is 7.54. The van der Waals surface area contributed by atoms with Crippen molar-refractivity contribution in [3.8, 4) is 5.75 Å². The summed E-state index contributed by atoms with van der Waals surface area (Å²) in [5.74, 6) is 1.07. The monoisotopic (exact) mass is 627 g/mol. The molecule has 0 radical (unpaired) electrons. The maximum absolute atomic E-state index is 13.4. The van der Waals surface area contributed by atoms with Gasteiger partial charge in [0, 0.05) is 18.8 Å². The first-order valence-electron chi connectivity index (χ1n) is 14.9. The van der Waals surface area contributed by atoms with Gasteiger partial charge >= 0.3 is 5.69 Å². The van der Waals surface area contributed by atoms with Gasteiger partial charge in [0.05, 0.1) is 32.6 Å². The van der Waals surface area contributed by atoms with Crippen LogP contribution in [0.15, 0.2) is 114 Å². The Bertz CT molecular complexity index is 1750. The predicted octanol–water partition coefficient (Wildman–Crippen LogP) is 4.98. The minimum absolute atomic E-state index is 0.0490. The standard InChI is InChI=1S/C36H41N3O7/c1-7-28(14-13-26(3)43-5)36(29-11-9-8-10-12-29,30-15-17-32(44-6)18-16-30)46-23-33(27(4)41)45-24-38-20-19-34-37-22-31(21-25(2)40)39(34)35(38)42/h7-20,22,27,33,41H,3,21,23-24H2,1-2,4-6H3/b14-13-,28-7+. The minimum Gasteiger partial charge on any atom is -0.497 e. The molecule has 0 saturated heterocycles. The van der Waals surface area contributed by atoms with Gasteiger partial charge in [-0.15, -0.1) is 0 Å². The summed E-state index contributed by atoms with van der Waals surface area (Å²) in [6.45, 7) is 8.69. The van der Waals surface area contributed by atoms with Gasteiger partial charge in [-0.25, -0.2) is 14.2 Å². The Morgan fingerprint density at radius 1 is 1.07 bits per heavy atom. The summed E-state index contributed by atoms with van der Waals surface area (Å²) in [4.78, 5) is 29.3. The molecule has 2 aromatic carbocycles. The molecular weight excluding hydrogens is 586 g/mol. The van der Waals surface area contributed by atoms with Crippen LogP contribution < -0.4 is 10.4 Å². The molecule has 242 valence electrons. The molecular formula is C36H41N3O7. The highest BCUT2D eigenvalue weighted by molar-refractivity contribution is 5.78. The van der Waals surface area contributed by atoms with E-state index in [1.807, 2.05) is 73.7 Å². The maximum atomic E-state index is 13.4. The van der Waals surface area contributed by atoms with Crippen molar-refractivity contribution in [3.05, 3.63) is 137 Å². The number of carbonyl (C=O) groups excluding carboxylic acids is 1. The molecule has 4 rings (SSSR count). The van der Waals surface area contributed by atoms with Crippen LogP contribution in [0.25, 0.3) is 5.65 Å². The highest BCUT2D eigenvalue weighted by Crippen LogP contribution is 2.42. The van der Waals surface area contributed by atoms with E-state index in [0.717, 1.165) is 16.7 Å². The number of nitrogens with zero attached hydrogens (tertiary/aromatic N) is 3. The Morgan fingerprint density at radius 3 is 2.37 bits per heavy atom. The molecule has 0 spiro atoms. The zero-order valence-corrected chi connectivity index (χ0v) is 26.9. The van der Waals surface area contributed by atoms with Crippen LogP contribution in [0.2, 0.25) is 0 Å². The Labute approximate surface area is 268 Å². The maximum Gasteiger partial charge on any atom is 0.336 e. The number of benzene rings is 2. The van der Waals surface area contributed by atoms with Crippen LogP contribution in [-0.4, -0.2) is 57.9 Å². The van der Waals surface area contributed by atoms with E-state index >= 15 is 0 Å². The molecule has 0 saturated carbocycles. The highest BCUT2D eigenvalue weighted by Gasteiger charge is 2.39. The number of fused-ring (bicyclic) bond motifs is 1. The van der Waals surface area contributed by atoms with Gasteiger partial charge in [0.1, 0.15) is 41.4 Å². The average molecular weight is 628 g/mol. The molecule has 4 aromatic rings. The molecule has 10 heteroatoms. The van der Waals surface area contributed by atoms with Gasteiger partial charge in [0.2, 0.25) is 0 Å². The van der Waals surface area contributed by atoms with Gasteiger partial charge < -0.3 is 24.1 Å². The largest absolute Gasteiger partial charge is 0.497 e. The number of Topliss-reactive ketones (excluding diaryl/α,β-unsaturated/α-hetero) is 1. The van der Waals surface area contributed by atoms with Crippen molar-refractivity contribution in [1.29, 1.82) is 0 Å². The fourth-order valence-electron chi connectivity index (χ4n) is 5.19. The molecule has 2 aromatic heterocycles. The van der Waals surface area contributed by atoms with Crippen LogP contribution in [-0.2, 0) is 37.8 Å². The van der Waals surface area contributed by atoms with E-state index in [-0.39, 0.29) is 25.5 Å². The number of hydrogen-bond acceptors (Lipinski definition) is 8. The van der Waals surface area contributed by atoms with Crippen LogP contribution in [0, 0.1) is 0 Å². The Balaban J connectivity index is 1.72. The SMILES string of the molecule is C=C(/C=C\C(=C/C)C(OCC(OCn1ccc2ncc(CC(C)=O)n2c1=O)C(C)O)(c1ccccc1)c1ccc(OC)cc1)OC. The van der Waals surface area contributed by atoms with Crippen molar-refractivity contribution >= 4 is 11.4 Å². The van der Waals surface area contributed by atoms with Crippen molar-refractivity contribution < 1.29 is 28.8 Å². The normalized spacial score (nSPS) is 14.6. The molecule has 0 amide bonds. The lowest BCUT2D eigenvalue weighted by molar-refractivity contribution is -0.120. The Kier molecular flexibility index (Phi) is 11.5. The lowest BCUT2D eigenvalue weighted by Gasteiger charge is -2.38. The Hall–Kier alpha value is -4.77. The van der Waals surface area contributed by atoms with E-state index in [1.165, 1.54) is 22.1 Å². The number of methoxy groups -OCH3 is 2. The molecule has 3 unspecified atom stereocenters. The van der Waals surface area contributed by atoms with E-state index in [0.29, 0.717) is 22.8 Å². The van der Waals surface area contributed by atoms with Gasteiger partial charge in [-0.1, -0.05) is 61.2 Å². The number of rotatable bonds is 16. The predicted molar refractivity (Wildman–Crippen MR) is 176 cm³/mol. The van der Waals surface area contributed by atoms with Crippen LogP contribution in [0.1, 0.15) is 37.6 Å². The topological polar surface area (TPSA) is 114 Å². The molecule has 2 heterocycles. The van der Waals surface area contributed by atoms with Gasteiger partial charge in [-0.05, 0) is 61.7 Å². The van der Waals surface area contributed by atoms with Crippen LogP contribution in [0.5, 0.6) is 5.75 Å². The first kappa shape index (κ1) is 34.1. The lowest BCUT2D eigenvalue weighted by Crippen LogP contribution is -2.40. The highest BCUT2D eigenvalue weighted by atomic mass is 16.6. The summed E-state index contributed by atoms with van der Waals surface area (Å²) in [6.07, 6.45) is 6.99. The number of ketones is 1. The fourth-order valence-corrected chi connectivity index (χ4v) is 5.19. The second-order valence-corrected chi connectivity index (χ2v) is 10.8. The van der Waals surface area contributed by atoms with E-state index in [2.05, 4.69) is 11.6 Å². The van der Waals surface area contributed by atoms with Gasteiger partial charge in [0.25, 0.3) is 0 Å². The average Bonchev–Trinajstić information content (AvgIpc) is 3.47. The minimum atomic E-state index is -1.16. The van der Waals surface area contributed by atoms with Crippen molar-refractivity contribution in [3.63, 3.8) is 0 Å². The van der Waals surface area contributed by atoms with Crippen molar-refractivity contribution in [2.45, 2.75) is 51.7 Å². The zero-order chi connectivity index (χ0) is 33.3. The third-order valence-electron chi connectivity index (χ3n) is 7.67. The molecule has 0 aliphatic heterocycles. The smallest absolute Gasteiger partial charge is 0.336 e. The van der Waals surface area contributed by atoms with Gasteiger partial charge in [-0.3, -0.25) is 9.36 Å². The van der Waals surface area contributed by atoms with Crippen molar-refractivity contribution in [1.82, 2.24) is 14.0 Å². The fraction of sp³-hybridized carbons (Fsp3) is 0.306. The van der Waals surface area contributed by atoms with E-state index in [9.17, 15) is 14.7 Å². The summed E-state index contributed by atoms with van der Waals surface area (Å²) in [5.41, 5.74) is 1.79. The molecule has 3 atom stereocenters.